The van der Waals surface area contributed by atoms with Gasteiger partial charge in [0.1, 0.15) is 12.6 Å². The SMILES string of the molecule is CCC(CC)(OC(=O)[C@@H](NC(=O)OCc1ccccc1)C(C)C)C(=O)OCCl. The first kappa shape index (κ1) is 23.8. The van der Waals surface area contributed by atoms with Gasteiger partial charge in [0.05, 0.1) is 0 Å². The summed E-state index contributed by atoms with van der Waals surface area (Å²) in [6.45, 7) is 6.99. The predicted octanol–water partition coefficient (Wildman–Crippen LogP) is 3.78. The number of hydrogen-bond donors (Lipinski definition) is 1. The van der Waals surface area contributed by atoms with Crippen molar-refractivity contribution in [1.82, 2.24) is 5.32 Å². The fourth-order valence-corrected chi connectivity index (χ4v) is 2.65. The average molecular weight is 414 g/mol. The van der Waals surface area contributed by atoms with Crippen LogP contribution in [0.15, 0.2) is 30.3 Å². The molecule has 0 saturated carbocycles. The molecule has 0 unspecified atom stereocenters. The lowest BCUT2D eigenvalue weighted by Crippen LogP contribution is -2.51. The number of alkyl carbamates (subject to hydrolysis) is 1. The number of hydrogen-bond acceptors (Lipinski definition) is 6. The number of ether oxygens (including phenoxy) is 3. The zero-order valence-electron chi connectivity index (χ0n) is 16.7. The number of rotatable bonds is 10. The number of alkyl halides is 1. The van der Waals surface area contributed by atoms with Crippen LogP contribution in [0.5, 0.6) is 0 Å². The number of halogens is 1. The smallest absolute Gasteiger partial charge is 0.408 e. The van der Waals surface area contributed by atoms with E-state index in [2.05, 4.69) is 5.32 Å². The molecule has 1 atom stereocenters. The van der Waals surface area contributed by atoms with Gasteiger partial charge >= 0.3 is 18.0 Å². The third kappa shape index (κ3) is 6.71. The van der Waals surface area contributed by atoms with Crippen LogP contribution in [0.4, 0.5) is 4.79 Å². The molecule has 1 aromatic rings. The van der Waals surface area contributed by atoms with Crippen LogP contribution in [-0.2, 0) is 30.4 Å². The summed E-state index contributed by atoms with van der Waals surface area (Å²) in [5, 5.41) is 2.51. The summed E-state index contributed by atoms with van der Waals surface area (Å²) >= 11 is 5.46. The molecule has 8 heteroatoms. The molecule has 0 aliphatic heterocycles. The lowest BCUT2D eigenvalue weighted by molar-refractivity contribution is -0.184. The van der Waals surface area contributed by atoms with Crippen LogP contribution in [0.1, 0.15) is 46.1 Å². The predicted molar refractivity (Wildman–Crippen MR) is 105 cm³/mol. The summed E-state index contributed by atoms with van der Waals surface area (Å²) < 4.78 is 15.5. The van der Waals surface area contributed by atoms with Crippen molar-refractivity contribution in [2.75, 3.05) is 6.07 Å². The van der Waals surface area contributed by atoms with Gasteiger partial charge in [0.25, 0.3) is 0 Å². The minimum Gasteiger partial charge on any atom is -0.446 e. The molecule has 0 aliphatic rings. The zero-order chi connectivity index (χ0) is 21.2. The van der Waals surface area contributed by atoms with Gasteiger partial charge in [-0.3, -0.25) is 0 Å². The maximum absolute atomic E-state index is 12.7. The summed E-state index contributed by atoms with van der Waals surface area (Å²) in [4.78, 5) is 37.1. The number of nitrogens with one attached hydrogen (secondary N) is 1. The second-order valence-corrected chi connectivity index (χ2v) is 6.81. The molecule has 0 aromatic heterocycles. The van der Waals surface area contributed by atoms with E-state index in [0.717, 1.165) is 5.56 Å². The average Bonchev–Trinajstić information content (AvgIpc) is 2.69. The van der Waals surface area contributed by atoms with E-state index in [4.69, 9.17) is 25.8 Å². The van der Waals surface area contributed by atoms with Gasteiger partial charge in [-0.25, -0.2) is 14.4 Å². The van der Waals surface area contributed by atoms with E-state index in [1.807, 2.05) is 30.3 Å². The highest BCUT2D eigenvalue weighted by molar-refractivity contribution is 6.17. The Morgan fingerprint density at radius 2 is 1.68 bits per heavy atom. The highest BCUT2D eigenvalue weighted by Crippen LogP contribution is 2.24. The summed E-state index contributed by atoms with van der Waals surface area (Å²) in [6.07, 6.45) is -0.316. The minimum absolute atomic E-state index is 0.0719. The molecule has 1 amide bonds. The van der Waals surface area contributed by atoms with E-state index in [-0.39, 0.29) is 31.4 Å². The second kappa shape index (κ2) is 11.5. The maximum Gasteiger partial charge on any atom is 0.408 e. The number of benzene rings is 1. The number of carbonyl (C=O) groups is 3. The summed E-state index contributed by atoms with van der Waals surface area (Å²) in [6, 6.07) is 7.85. The highest BCUT2D eigenvalue weighted by Gasteiger charge is 2.43. The third-order valence-electron chi connectivity index (χ3n) is 4.40. The molecule has 0 radical (unpaired) electrons. The molecule has 28 heavy (non-hydrogen) atoms. The Morgan fingerprint density at radius 3 is 2.18 bits per heavy atom. The van der Waals surface area contributed by atoms with Crippen molar-refractivity contribution in [3.8, 4) is 0 Å². The van der Waals surface area contributed by atoms with Gasteiger partial charge < -0.3 is 19.5 Å². The van der Waals surface area contributed by atoms with E-state index in [9.17, 15) is 14.4 Å². The van der Waals surface area contributed by atoms with Crippen LogP contribution in [0.2, 0.25) is 0 Å². The summed E-state index contributed by atoms with van der Waals surface area (Å²) in [5.41, 5.74) is -0.629. The molecular weight excluding hydrogens is 386 g/mol. The van der Waals surface area contributed by atoms with Gasteiger partial charge in [0.15, 0.2) is 6.07 Å². The Bertz CT molecular complexity index is 645. The quantitative estimate of drug-likeness (QED) is 0.356. The van der Waals surface area contributed by atoms with Crippen molar-refractivity contribution in [1.29, 1.82) is 0 Å². The number of esters is 2. The topological polar surface area (TPSA) is 90.9 Å². The van der Waals surface area contributed by atoms with Crippen LogP contribution >= 0.6 is 11.6 Å². The van der Waals surface area contributed by atoms with Crippen LogP contribution in [0.3, 0.4) is 0 Å². The lowest BCUT2D eigenvalue weighted by atomic mass is 9.96. The fourth-order valence-electron chi connectivity index (χ4n) is 2.55. The van der Waals surface area contributed by atoms with E-state index in [0.29, 0.717) is 0 Å². The second-order valence-electron chi connectivity index (χ2n) is 6.59. The van der Waals surface area contributed by atoms with Gasteiger partial charge in [0.2, 0.25) is 5.60 Å². The van der Waals surface area contributed by atoms with Gasteiger partial charge in [-0.1, -0.05) is 69.6 Å². The van der Waals surface area contributed by atoms with Crippen molar-refractivity contribution in [2.45, 2.75) is 58.8 Å². The summed E-state index contributed by atoms with van der Waals surface area (Å²) in [5.74, 6) is -1.73. The molecular formula is C20H28ClNO6. The molecule has 7 nitrogen and oxygen atoms in total. The van der Waals surface area contributed by atoms with Crippen molar-refractivity contribution >= 4 is 29.6 Å². The van der Waals surface area contributed by atoms with Crippen LogP contribution in [0, 0.1) is 5.92 Å². The van der Waals surface area contributed by atoms with E-state index < -0.39 is 29.7 Å². The first-order valence-electron chi connectivity index (χ1n) is 9.22. The molecule has 1 aromatic carbocycles. The zero-order valence-corrected chi connectivity index (χ0v) is 17.5. The Kier molecular flexibility index (Phi) is 9.79. The molecule has 0 aliphatic carbocycles. The van der Waals surface area contributed by atoms with E-state index >= 15 is 0 Å². The molecule has 0 fully saturated rings. The van der Waals surface area contributed by atoms with Crippen molar-refractivity contribution < 1.29 is 28.6 Å². The highest BCUT2D eigenvalue weighted by atomic mass is 35.5. The Hall–Kier alpha value is -2.28. The normalized spacial score (nSPS) is 12.2. The first-order chi connectivity index (χ1) is 13.3. The first-order valence-corrected chi connectivity index (χ1v) is 9.76. The van der Waals surface area contributed by atoms with Crippen LogP contribution in [-0.4, -0.2) is 35.7 Å². The van der Waals surface area contributed by atoms with E-state index in [1.54, 1.807) is 27.7 Å². The lowest BCUT2D eigenvalue weighted by Gasteiger charge is -2.31. The monoisotopic (exact) mass is 413 g/mol. The molecule has 0 bridgehead atoms. The molecule has 0 spiro atoms. The number of carbonyl (C=O) groups excluding carboxylic acids is 3. The minimum atomic E-state index is -1.45. The number of amides is 1. The standard InChI is InChI=1S/C20H28ClNO6/c1-5-20(6-2,18(24)27-13-21)28-17(23)16(14(3)4)22-19(25)26-12-15-10-8-7-9-11-15/h7-11,14,16H,5-6,12-13H2,1-4H3,(H,22,25)/t16-/m0/s1. The maximum atomic E-state index is 12.7. The van der Waals surface area contributed by atoms with Gasteiger partial charge in [0, 0.05) is 0 Å². The van der Waals surface area contributed by atoms with Crippen molar-refractivity contribution in [3.05, 3.63) is 35.9 Å². The Morgan fingerprint density at radius 1 is 1.07 bits per heavy atom. The van der Waals surface area contributed by atoms with Gasteiger partial charge in [-0.15, -0.1) is 0 Å². The largest absolute Gasteiger partial charge is 0.446 e. The molecule has 1 N–H and O–H groups in total. The molecule has 1 rings (SSSR count). The van der Waals surface area contributed by atoms with E-state index in [1.165, 1.54) is 0 Å². The van der Waals surface area contributed by atoms with Gasteiger partial charge in [-0.05, 0) is 24.3 Å². The van der Waals surface area contributed by atoms with Crippen LogP contribution in [0.25, 0.3) is 0 Å². The van der Waals surface area contributed by atoms with Crippen LogP contribution < -0.4 is 5.32 Å². The Labute approximate surface area is 170 Å². The van der Waals surface area contributed by atoms with Crippen molar-refractivity contribution in [3.63, 3.8) is 0 Å². The summed E-state index contributed by atoms with van der Waals surface area (Å²) in [7, 11) is 0. The fraction of sp³-hybridized carbons (Fsp3) is 0.550. The molecule has 0 heterocycles. The molecule has 0 saturated heterocycles. The van der Waals surface area contributed by atoms with Crippen molar-refractivity contribution in [2.24, 2.45) is 5.92 Å². The molecule has 156 valence electrons. The van der Waals surface area contributed by atoms with Gasteiger partial charge in [-0.2, -0.15) is 0 Å². The Balaban J connectivity index is 2.78. The third-order valence-corrected chi connectivity index (χ3v) is 4.51.